The molecule has 4 rings (SSSR count). The summed E-state index contributed by atoms with van der Waals surface area (Å²) in [5, 5.41) is 16.8. The minimum absolute atomic E-state index is 0.160. The Bertz CT molecular complexity index is 767. The lowest BCUT2D eigenvalue weighted by Crippen LogP contribution is -2.35. The van der Waals surface area contributed by atoms with E-state index in [0.717, 1.165) is 31.3 Å². The van der Waals surface area contributed by atoms with Crippen molar-refractivity contribution in [1.29, 1.82) is 0 Å². The minimum Gasteiger partial charge on any atom is -0.391 e. The van der Waals surface area contributed by atoms with E-state index in [1.54, 1.807) is 17.9 Å². The summed E-state index contributed by atoms with van der Waals surface area (Å²) in [7, 11) is 4.01. The molecule has 0 aliphatic carbocycles. The highest BCUT2D eigenvalue weighted by Gasteiger charge is 2.19. The van der Waals surface area contributed by atoms with Gasteiger partial charge in [-0.25, -0.2) is 9.97 Å². The van der Waals surface area contributed by atoms with E-state index in [9.17, 15) is 0 Å². The Morgan fingerprint density at radius 2 is 2.00 bits per heavy atom. The van der Waals surface area contributed by atoms with Crippen LogP contribution in [0.1, 0.15) is 33.1 Å². The number of ether oxygens (including phenoxy) is 1. The number of aliphatic hydroxyl groups excluding tert-OH is 1. The van der Waals surface area contributed by atoms with Gasteiger partial charge < -0.3 is 25.0 Å². The first-order chi connectivity index (χ1) is 14.3. The number of aromatic nitrogens is 5. The molecular weight excluding hydrogens is 406 g/mol. The highest BCUT2D eigenvalue weighted by atomic mass is 35.5. The number of hydrogen-bond donors (Lipinski definition) is 2. The maximum atomic E-state index is 8.78. The fourth-order valence-corrected chi connectivity index (χ4v) is 3.41. The van der Waals surface area contributed by atoms with Gasteiger partial charge in [0.15, 0.2) is 5.82 Å². The normalized spacial score (nSPS) is 24.3. The van der Waals surface area contributed by atoms with E-state index in [0.29, 0.717) is 23.1 Å². The van der Waals surface area contributed by atoms with Crippen LogP contribution >= 0.6 is 11.6 Å². The van der Waals surface area contributed by atoms with Crippen LogP contribution in [0.5, 0.6) is 0 Å². The zero-order valence-electron chi connectivity index (χ0n) is 18.3. The number of likely N-dealkylation sites (tertiary alicyclic amines) is 1. The van der Waals surface area contributed by atoms with Crippen molar-refractivity contribution in [3.63, 3.8) is 0 Å². The Labute approximate surface area is 183 Å². The smallest absolute Gasteiger partial charge is 0.220 e. The van der Waals surface area contributed by atoms with Gasteiger partial charge in [0.1, 0.15) is 12.0 Å². The molecule has 0 saturated carbocycles. The molecule has 30 heavy (non-hydrogen) atoms. The molecule has 3 unspecified atom stereocenters. The largest absolute Gasteiger partial charge is 0.391 e. The lowest BCUT2D eigenvalue weighted by Gasteiger charge is -2.32. The lowest BCUT2D eigenvalue weighted by atomic mass is 9.89. The fourth-order valence-electron chi connectivity index (χ4n) is 3.23. The predicted octanol–water partition coefficient (Wildman–Crippen LogP) is 2.26. The Morgan fingerprint density at radius 1 is 1.23 bits per heavy atom. The summed E-state index contributed by atoms with van der Waals surface area (Å²) >= 11 is 5.90. The molecule has 0 spiro atoms. The predicted molar refractivity (Wildman–Crippen MR) is 118 cm³/mol. The average Bonchev–Trinajstić information content (AvgIpc) is 3.14. The highest BCUT2D eigenvalue weighted by Crippen LogP contribution is 2.23. The van der Waals surface area contributed by atoms with Gasteiger partial charge in [-0.15, -0.1) is 10.2 Å². The van der Waals surface area contributed by atoms with Crippen LogP contribution < -0.4 is 5.73 Å². The highest BCUT2D eigenvalue weighted by molar-refractivity contribution is 6.32. The quantitative estimate of drug-likeness (QED) is 0.695. The number of rotatable bonds is 1. The third kappa shape index (κ3) is 7.79. The van der Waals surface area contributed by atoms with Crippen LogP contribution in [0.15, 0.2) is 12.5 Å². The number of aryl methyl sites for hydroxylation is 1. The van der Waals surface area contributed by atoms with Crippen LogP contribution in [0.2, 0.25) is 5.02 Å². The third-order valence-corrected chi connectivity index (χ3v) is 5.64. The molecular formula is C20H34ClN7O2. The summed E-state index contributed by atoms with van der Waals surface area (Å²) in [6.07, 6.45) is 6.13. The molecule has 2 saturated heterocycles. The monoisotopic (exact) mass is 439 g/mol. The second-order valence-electron chi connectivity index (χ2n) is 8.07. The molecule has 168 valence electrons. The van der Waals surface area contributed by atoms with Gasteiger partial charge in [-0.05, 0) is 44.7 Å². The summed E-state index contributed by atoms with van der Waals surface area (Å²) in [6, 6.07) is 0. The second-order valence-corrected chi connectivity index (χ2v) is 8.47. The van der Waals surface area contributed by atoms with Crippen molar-refractivity contribution < 1.29 is 9.84 Å². The van der Waals surface area contributed by atoms with Crippen LogP contribution in [0.3, 0.4) is 0 Å². The second kappa shape index (κ2) is 12.1. The van der Waals surface area contributed by atoms with Crippen molar-refractivity contribution in [2.45, 2.75) is 39.2 Å². The molecule has 2 aliphatic rings. The molecule has 0 amide bonds. The summed E-state index contributed by atoms with van der Waals surface area (Å²) in [5.74, 6) is 2.57. The molecule has 3 atom stereocenters. The minimum atomic E-state index is -0.186. The molecule has 9 nitrogen and oxygen atoms in total. The SMILES string of the molecule is CC1CCN(C)CC1C.Cn1cnnc1-c1nc(N)ncc1Cl.OC1CCCOC1. The number of hydrogen-bond acceptors (Lipinski definition) is 8. The van der Waals surface area contributed by atoms with E-state index in [1.165, 1.54) is 25.7 Å². The Morgan fingerprint density at radius 3 is 2.50 bits per heavy atom. The van der Waals surface area contributed by atoms with Gasteiger partial charge in [-0.1, -0.05) is 25.4 Å². The van der Waals surface area contributed by atoms with E-state index in [4.69, 9.17) is 27.2 Å². The Balaban J connectivity index is 0.000000173. The van der Waals surface area contributed by atoms with E-state index >= 15 is 0 Å². The topological polar surface area (TPSA) is 115 Å². The van der Waals surface area contributed by atoms with Gasteiger partial charge in [0.05, 0.1) is 23.9 Å². The van der Waals surface area contributed by atoms with Crippen molar-refractivity contribution in [3.05, 3.63) is 17.5 Å². The van der Waals surface area contributed by atoms with Crippen LogP contribution in [-0.4, -0.2) is 74.2 Å². The number of nitrogens with zero attached hydrogens (tertiary/aromatic N) is 6. The fraction of sp³-hybridized carbons (Fsp3) is 0.700. The van der Waals surface area contributed by atoms with Crippen LogP contribution in [-0.2, 0) is 11.8 Å². The number of halogens is 1. The van der Waals surface area contributed by atoms with Crippen LogP contribution in [0, 0.1) is 11.8 Å². The van der Waals surface area contributed by atoms with Crippen LogP contribution in [0.25, 0.3) is 11.5 Å². The number of nitrogens with two attached hydrogens (primary N) is 1. The molecule has 2 fully saturated rings. The zero-order chi connectivity index (χ0) is 22.1. The first kappa shape index (κ1) is 24.5. The first-order valence-electron chi connectivity index (χ1n) is 10.3. The van der Waals surface area contributed by atoms with Crippen molar-refractivity contribution in [1.82, 2.24) is 29.6 Å². The van der Waals surface area contributed by atoms with Crippen molar-refractivity contribution in [2.75, 3.05) is 39.1 Å². The van der Waals surface area contributed by atoms with Crippen molar-refractivity contribution in [3.8, 4) is 11.5 Å². The molecule has 2 aliphatic heterocycles. The van der Waals surface area contributed by atoms with E-state index < -0.39 is 0 Å². The number of anilines is 1. The number of piperidine rings is 1. The average molecular weight is 440 g/mol. The molecule has 2 aromatic heterocycles. The zero-order valence-corrected chi connectivity index (χ0v) is 19.1. The number of nitrogen functional groups attached to an aromatic ring is 1. The van der Waals surface area contributed by atoms with Crippen LogP contribution in [0.4, 0.5) is 5.95 Å². The molecule has 0 radical (unpaired) electrons. The summed E-state index contributed by atoms with van der Waals surface area (Å²) in [6.45, 7) is 8.67. The molecule has 2 aromatic rings. The Kier molecular flexibility index (Phi) is 9.90. The Hall–Kier alpha value is -1.81. The van der Waals surface area contributed by atoms with Gasteiger partial charge in [0, 0.05) is 20.2 Å². The number of aliphatic hydroxyl groups is 1. The van der Waals surface area contributed by atoms with Gasteiger partial charge in [-0.2, -0.15) is 0 Å². The molecule has 3 N–H and O–H groups in total. The maximum Gasteiger partial charge on any atom is 0.220 e. The standard InChI is InChI=1S/C8H17N.C7H7ClN6.C5H10O2/c1-7-4-5-9(3)6-8(7)2;1-14-3-11-13-6(14)5-4(8)2-10-7(9)12-5;6-5-2-1-3-7-4-5/h7-8H,4-6H2,1-3H3;2-3H,1H3,(H2,9,10,12);5-6H,1-4H2. The van der Waals surface area contributed by atoms with Gasteiger partial charge in [0.25, 0.3) is 0 Å². The van der Waals surface area contributed by atoms with Crippen molar-refractivity contribution in [2.24, 2.45) is 18.9 Å². The van der Waals surface area contributed by atoms with E-state index in [-0.39, 0.29) is 12.1 Å². The van der Waals surface area contributed by atoms with Gasteiger partial charge in [-0.3, -0.25) is 0 Å². The third-order valence-electron chi connectivity index (χ3n) is 5.36. The van der Waals surface area contributed by atoms with Gasteiger partial charge >= 0.3 is 0 Å². The molecule has 10 heteroatoms. The van der Waals surface area contributed by atoms with E-state index in [2.05, 4.69) is 46.0 Å². The van der Waals surface area contributed by atoms with Gasteiger partial charge in [0.2, 0.25) is 5.95 Å². The summed E-state index contributed by atoms with van der Waals surface area (Å²) < 4.78 is 6.63. The van der Waals surface area contributed by atoms with Crippen molar-refractivity contribution >= 4 is 17.5 Å². The van der Waals surface area contributed by atoms with E-state index in [1.807, 2.05) is 0 Å². The molecule has 0 aromatic carbocycles. The first-order valence-corrected chi connectivity index (χ1v) is 10.7. The maximum absolute atomic E-state index is 8.78. The molecule has 0 bridgehead atoms. The summed E-state index contributed by atoms with van der Waals surface area (Å²) in [5.41, 5.74) is 5.93. The molecule has 4 heterocycles. The lowest BCUT2D eigenvalue weighted by molar-refractivity contribution is -0.00535. The summed E-state index contributed by atoms with van der Waals surface area (Å²) in [4.78, 5) is 10.2.